The van der Waals surface area contributed by atoms with Gasteiger partial charge in [-0.15, -0.1) is 0 Å². The second-order valence-electron chi connectivity index (χ2n) is 3.83. The molecule has 0 N–H and O–H groups in total. The number of hydrogen-bond donors (Lipinski definition) is 0. The molecule has 0 unspecified atom stereocenters. The van der Waals surface area contributed by atoms with Gasteiger partial charge >= 0.3 is 35.5 Å². The normalized spacial score (nSPS) is 10.4. The number of nitrogens with zero attached hydrogens (tertiary/aromatic N) is 1. The first-order chi connectivity index (χ1) is 9.04. The number of aliphatic carboxylic acids is 1. The molecule has 1 aromatic rings. The fraction of sp³-hybridized carbons (Fsp3) is 0.286. The van der Waals surface area contributed by atoms with Gasteiger partial charge in [0.2, 0.25) is 0 Å². The third-order valence-electron chi connectivity index (χ3n) is 2.39. The van der Waals surface area contributed by atoms with Crippen LogP contribution in [0.3, 0.4) is 0 Å². The Morgan fingerprint density at radius 3 is 2.40 bits per heavy atom. The molecule has 0 radical (unpaired) electrons. The number of carboxylic acid groups (broad SMARTS) is 1. The van der Waals surface area contributed by atoms with Crippen molar-refractivity contribution in [1.82, 2.24) is 0 Å². The first-order valence-corrected chi connectivity index (χ1v) is 5.92. The number of para-hydroxylation sites is 1. The summed E-state index contributed by atoms with van der Waals surface area (Å²) in [5.41, 5.74) is 1.15. The Kier molecular flexibility index (Phi) is 8.96. The molecule has 20 heavy (non-hydrogen) atoms. The molecule has 0 atom stereocenters. The summed E-state index contributed by atoms with van der Waals surface area (Å²) < 4.78 is 4.80. The quantitative estimate of drug-likeness (QED) is 0.334. The monoisotopic (exact) mass is 285 g/mol. The van der Waals surface area contributed by atoms with Gasteiger partial charge in [-0.25, -0.2) is 4.79 Å². The zero-order chi connectivity index (χ0) is 14.3. The van der Waals surface area contributed by atoms with E-state index in [0.29, 0.717) is 11.4 Å². The molecule has 6 heteroatoms. The van der Waals surface area contributed by atoms with Gasteiger partial charge in [0.05, 0.1) is 19.1 Å². The number of carbonyl (C=O) groups excluding carboxylic acids is 2. The van der Waals surface area contributed by atoms with Crippen molar-refractivity contribution in [3.05, 3.63) is 42.1 Å². The molecule has 0 amide bonds. The van der Waals surface area contributed by atoms with Gasteiger partial charge in [0, 0.05) is 17.5 Å². The molecule has 0 aliphatic carbocycles. The fourth-order valence-electron chi connectivity index (χ4n) is 1.59. The smallest absolute Gasteiger partial charge is 0.548 e. The molecular formula is C14H16NNaO4. The average Bonchev–Trinajstić information content (AvgIpc) is 2.37. The molecule has 0 saturated carbocycles. The van der Waals surface area contributed by atoms with Gasteiger partial charge in [-0.2, -0.15) is 0 Å². The van der Waals surface area contributed by atoms with Gasteiger partial charge in [-0.05, 0) is 26.0 Å². The van der Waals surface area contributed by atoms with E-state index in [9.17, 15) is 14.7 Å². The number of carbonyl (C=O) groups is 2. The van der Waals surface area contributed by atoms with Crippen molar-refractivity contribution in [3.63, 3.8) is 0 Å². The fourth-order valence-corrected chi connectivity index (χ4v) is 1.59. The van der Waals surface area contributed by atoms with Crippen molar-refractivity contribution >= 4 is 17.6 Å². The number of hydrogen-bond acceptors (Lipinski definition) is 5. The molecule has 0 fully saturated rings. The minimum absolute atomic E-state index is 0. The summed E-state index contributed by atoms with van der Waals surface area (Å²) in [7, 11) is 0. The van der Waals surface area contributed by atoms with Crippen LogP contribution >= 0.6 is 0 Å². The van der Waals surface area contributed by atoms with Gasteiger partial charge in [-0.3, -0.25) is 0 Å². The number of anilines is 1. The van der Waals surface area contributed by atoms with E-state index in [1.807, 2.05) is 6.07 Å². The van der Waals surface area contributed by atoms with Crippen LogP contribution in [0.15, 0.2) is 42.1 Å². The Balaban J connectivity index is 0.00000361. The second-order valence-corrected chi connectivity index (χ2v) is 3.83. The van der Waals surface area contributed by atoms with Crippen LogP contribution < -0.4 is 39.6 Å². The first-order valence-electron chi connectivity index (χ1n) is 5.92. The van der Waals surface area contributed by atoms with Crippen LogP contribution in [0.1, 0.15) is 13.8 Å². The predicted octanol–water partition coefficient (Wildman–Crippen LogP) is -2.29. The largest absolute Gasteiger partial charge is 1.00 e. The molecule has 1 aromatic carbocycles. The molecule has 102 valence electrons. The maximum atomic E-state index is 11.4. The Labute approximate surface area is 140 Å². The molecule has 0 aliphatic heterocycles. The standard InChI is InChI=1S/C14H17NO4.Na/c1-3-19-14(18)9-11(2)15(10-13(16)17)12-7-5-4-6-8-12;/h4-9H,3,10H2,1-2H3,(H,16,17);/q;+1/p-1. The number of ether oxygens (including phenoxy) is 1. The van der Waals surface area contributed by atoms with E-state index in [2.05, 4.69) is 0 Å². The van der Waals surface area contributed by atoms with Crippen LogP contribution in [0.2, 0.25) is 0 Å². The van der Waals surface area contributed by atoms with Gasteiger partial charge in [0.25, 0.3) is 0 Å². The maximum Gasteiger partial charge on any atom is 1.00 e. The van der Waals surface area contributed by atoms with Crippen molar-refractivity contribution in [2.45, 2.75) is 13.8 Å². The summed E-state index contributed by atoms with van der Waals surface area (Å²) >= 11 is 0. The third kappa shape index (κ3) is 6.23. The van der Waals surface area contributed by atoms with Crippen LogP contribution in [-0.4, -0.2) is 25.1 Å². The average molecular weight is 285 g/mol. The Hall–Kier alpha value is -1.30. The van der Waals surface area contributed by atoms with Crippen LogP contribution in [0.5, 0.6) is 0 Å². The molecule has 0 spiro atoms. The summed E-state index contributed by atoms with van der Waals surface area (Å²) in [5.74, 6) is -1.72. The van der Waals surface area contributed by atoms with Crippen LogP contribution in [0.4, 0.5) is 5.69 Å². The van der Waals surface area contributed by atoms with Crippen LogP contribution in [0.25, 0.3) is 0 Å². The van der Waals surface area contributed by atoms with E-state index in [0.717, 1.165) is 0 Å². The van der Waals surface area contributed by atoms with Crippen molar-refractivity contribution in [1.29, 1.82) is 0 Å². The van der Waals surface area contributed by atoms with E-state index in [-0.39, 0.29) is 42.7 Å². The van der Waals surface area contributed by atoms with E-state index in [1.165, 1.54) is 11.0 Å². The molecule has 5 nitrogen and oxygen atoms in total. The van der Waals surface area contributed by atoms with Crippen molar-refractivity contribution in [2.75, 3.05) is 18.1 Å². The summed E-state index contributed by atoms with van der Waals surface area (Å²) in [6, 6.07) is 8.91. The third-order valence-corrected chi connectivity index (χ3v) is 2.39. The molecule has 0 saturated heterocycles. The van der Waals surface area contributed by atoms with E-state index in [4.69, 9.17) is 4.74 Å². The molecule has 0 bridgehead atoms. The SMILES string of the molecule is CCOC(=O)C=C(C)N(CC(=O)[O-])c1ccccc1.[Na+]. The van der Waals surface area contributed by atoms with Crippen molar-refractivity contribution < 1.29 is 49.0 Å². The first kappa shape index (κ1) is 18.7. The van der Waals surface area contributed by atoms with E-state index in [1.54, 1.807) is 38.1 Å². The summed E-state index contributed by atoms with van der Waals surface area (Å²) in [4.78, 5) is 23.7. The van der Waals surface area contributed by atoms with Crippen molar-refractivity contribution in [3.8, 4) is 0 Å². The Morgan fingerprint density at radius 2 is 1.90 bits per heavy atom. The minimum atomic E-state index is -1.22. The summed E-state index contributed by atoms with van der Waals surface area (Å²) in [6.07, 6.45) is 1.26. The molecule has 1 rings (SSSR count). The van der Waals surface area contributed by atoms with Crippen molar-refractivity contribution in [2.24, 2.45) is 0 Å². The summed E-state index contributed by atoms with van der Waals surface area (Å²) in [6.45, 7) is 3.30. The predicted molar refractivity (Wildman–Crippen MR) is 69.2 cm³/mol. The molecular weight excluding hydrogens is 269 g/mol. The Morgan fingerprint density at radius 1 is 1.30 bits per heavy atom. The zero-order valence-electron chi connectivity index (χ0n) is 12.0. The summed E-state index contributed by atoms with van der Waals surface area (Å²) in [5, 5.41) is 10.8. The van der Waals surface area contributed by atoms with Gasteiger partial charge in [0.1, 0.15) is 0 Å². The number of benzene rings is 1. The minimum Gasteiger partial charge on any atom is -0.548 e. The van der Waals surface area contributed by atoms with E-state index >= 15 is 0 Å². The number of allylic oxidation sites excluding steroid dienone is 1. The van der Waals surface area contributed by atoms with Gasteiger partial charge in [0.15, 0.2) is 0 Å². The van der Waals surface area contributed by atoms with Crippen LogP contribution in [-0.2, 0) is 14.3 Å². The number of rotatable bonds is 6. The number of carboxylic acids is 1. The second kappa shape index (κ2) is 9.58. The topological polar surface area (TPSA) is 69.7 Å². The van der Waals surface area contributed by atoms with Gasteiger partial charge in [-0.1, -0.05) is 18.2 Å². The molecule has 0 aliphatic rings. The van der Waals surface area contributed by atoms with E-state index < -0.39 is 11.9 Å². The zero-order valence-corrected chi connectivity index (χ0v) is 14.0. The number of esters is 1. The molecule has 0 aromatic heterocycles. The molecule has 0 heterocycles. The Bertz CT molecular complexity index is 473. The van der Waals surface area contributed by atoms with Crippen LogP contribution in [0, 0.1) is 0 Å². The maximum absolute atomic E-state index is 11.4. The van der Waals surface area contributed by atoms with Gasteiger partial charge < -0.3 is 19.5 Å².